The summed E-state index contributed by atoms with van der Waals surface area (Å²) in [7, 11) is 0. The van der Waals surface area contributed by atoms with Crippen LogP contribution < -0.4 is 10.6 Å². The molecule has 5 heteroatoms. The molecule has 0 bridgehead atoms. The summed E-state index contributed by atoms with van der Waals surface area (Å²) < 4.78 is 18.2. The van der Waals surface area contributed by atoms with Gasteiger partial charge in [-0.2, -0.15) is 0 Å². The van der Waals surface area contributed by atoms with Gasteiger partial charge in [0.05, 0.1) is 18.8 Å². The maximum atomic E-state index is 13.0. The number of halogens is 1. The molecule has 1 aromatic rings. The van der Waals surface area contributed by atoms with Crippen molar-refractivity contribution in [2.45, 2.75) is 0 Å². The van der Waals surface area contributed by atoms with Crippen LogP contribution in [0, 0.1) is 5.82 Å². The van der Waals surface area contributed by atoms with E-state index in [2.05, 4.69) is 0 Å². The molecular weight excluding hydrogens is 211 g/mol. The molecule has 86 valence electrons. The summed E-state index contributed by atoms with van der Waals surface area (Å²) in [5, 5.41) is 0. The molecule has 1 heterocycles. The van der Waals surface area contributed by atoms with Crippen molar-refractivity contribution < 1.29 is 13.9 Å². The number of hydrogen-bond acceptors (Lipinski definition) is 3. The fraction of sp³-hybridized carbons (Fsp3) is 0.364. The van der Waals surface area contributed by atoms with Gasteiger partial charge in [0.1, 0.15) is 5.82 Å². The highest BCUT2D eigenvalue weighted by Crippen LogP contribution is 2.22. The van der Waals surface area contributed by atoms with Gasteiger partial charge in [0.25, 0.3) is 5.91 Å². The number of hydrogen-bond donors (Lipinski definition) is 1. The topological polar surface area (TPSA) is 55.6 Å². The second-order valence-corrected chi connectivity index (χ2v) is 3.63. The molecule has 0 aromatic heterocycles. The van der Waals surface area contributed by atoms with E-state index < -0.39 is 11.7 Å². The molecule has 2 N–H and O–H groups in total. The summed E-state index contributed by atoms with van der Waals surface area (Å²) in [6.45, 7) is 2.59. The molecule has 0 aliphatic carbocycles. The summed E-state index contributed by atoms with van der Waals surface area (Å²) in [4.78, 5) is 13.2. The van der Waals surface area contributed by atoms with Gasteiger partial charge in [-0.25, -0.2) is 4.39 Å². The van der Waals surface area contributed by atoms with Crippen molar-refractivity contribution in [3.63, 3.8) is 0 Å². The predicted octanol–water partition coefficient (Wildman–Crippen LogP) is 0.761. The molecule has 1 aliphatic rings. The van der Waals surface area contributed by atoms with Crippen LogP contribution in [0.15, 0.2) is 18.2 Å². The molecule has 4 nitrogen and oxygen atoms in total. The maximum Gasteiger partial charge on any atom is 0.250 e. The Morgan fingerprint density at radius 1 is 1.38 bits per heavy atom. The zero-order chi connectivity index (χ0) is 11.5. The number of primary amides is 1. The molecule has 0 atom stereocenters. The number of rotatable bonds is 2. The Balaban J connectivity index is 2.34. The van der Waals surface area contributed by atoms with Crippen LogP contribution in [0.1, 0.15) is 10.4 Å². The van der Waals surface area contributed by atoms with Crippen LogP contribution in [-0.4, -0.2) is 32.2 Å². The first kappa shape index (κ1) is 10.9. The number of anilines is 1. The van der Waals surface area contributed by atoms with Crippen LogP contribution in [-0.2, 0) is 4.74 Å². The number of benzene rings is 1. The first-order valence-corrected chi connectivity index (χ1v) is 5.10. The van der Waals surface area contributed by atoms with Gasteiger partial charge in [-0.1, -0.05) is 0 Å². The van der Waals surface area contributed by atoms with Gasteiger partial charge in [0, 0.05) is 18.8 Å². The quantitative estimate of drug-likeness (QED) is 0.807. The average Bonchev–Trinajstić information content (AvgIpc) is 2.30. The average molecular weight is 224 g/mol. The van der Waals surface area contributed by atoms with Crippen molar-refractivity contribution in [3.8, 4) is 0 Å². The fourth-order valence-corrected chi connectivity index (χ4v) is 1.79. The maximum absolute atomic E-state index is 13.0. The number of amides is 1. The lowest BCUT2D eigenvalue weighted by Gasteiger charge is -2.30. The zero-order valence-corrected chi connectivity index (χ0v) is 8.78. The van der Waals surface area contributed by atoms with Crippen LogP contribution in [0.25, 0.3) is 0 Å². The zero-order valence-electron chi connectivity index (χ0n) is 8.78. The molecule has 1 amide bonds. The van der Waals surface area contributed by atoms with Crippen LogP contribution in [0.3, 0.4) is 0 Å². The number of nitrogens with zero attached hydrogens (tertiary/aromatic N) is 1. The highest BCUT2D eigenvalue weighted by Gasteiger charge is 2.17. The van der Waals surface area contributed by atoms with Gasteiger partial charge in [0.2, 0.25) is 0 Å². The van der Waals surface area contributed by atoms with E-state index in [0.717, 1.165) is 0 Å². The van der Waals surface area contributed by atoms with E-state index in [-0.39, 0.29) is 5.56 Å². The Kier molecular flexibility index (Phi) is 3.05. The van der Waals surface area contributed by atoms with E-state index in [1.165, 1.54) is 12.1 Å². The smallest absolute Gasteiger partial charge is 0.250 e. The molecule has 1 fully saturated rings. The highest BCUT2D eigenvalue weighted by atomic mass is 19.1. The summed E-state index contributed by atoms with van der Waals surface area (Å²) in [5.41, 5.74) is 6.13. The molecule has 1 saturated heterocycles. The van der Waals surface area contributed by atoms with Gasteiger partial charge in [-0.15, -0.1) is 0 Å². The lowest BCUT2D eigenvalue weighted by molar-refractivity contribution is 0.0998. The number of carbonyl (C=O) groups excluding carboxylic acids is 1. The van der Waals surface area contributed by atoms with Crippen molar-refractivity contribution in [1.82, 2.24) is 0 Å². The monoisotopic (exact) mass is 224 g/mol. The molecule has 1 aliphatic heterocycles. The molecule has 16 heavy (non-hydrogen) atoms. The van der Waals surface area contributed by atoms with E-state index in [1.807, 2.05) is 4.90 Å². The Morgan fingerprint density at radius 2 is 2.06 bits per heavy atom. The van der Waals surface area contributed by atoms with Crippen molar-refractivity contribution in [2.24, 2.45) is 5.73 Å². The highest BCUT2D eigenvalue weighted by molar-refractivity contribution is 5.98. The second kappa shape index (κ2) is 4.49. The normalized spacial score (nSPS) is 16.2. The minimum Gasteiger partial charge on any atom is -0.378 e. The van der Waals surface area contributed by atoms with Crippen LogP contribution in [0.5, 0.6) is 0 Å². The summed E-state index contributed by atoms with van der Waals surface area (Å²) in [6, 6.07) is 4.09. The number of ether oxygens (including phenoxy) is 1. The van der Waals surface area contributed by atoms with E-state index >= 15 is 0 Å². The number of carbonyl (C=O) groups is 1. The lowest BCUT2D eigenvalue weighted by atomic mass is 10.1. The van der Waals surface area contributed by atoms with Crippen molar-refractivity contribution in [1.29, 1.82) is 0 Å². The summed E-state index contributed by atoms with van der Waals surface area (Å²) in [5.74, 6) is -1.06. The number of morpholine rings is 1. The van der Waals surface area contributed by atoms with Gasteiger partial charge in [-0.05, 0) is 18.2 Å². The molecule has 2 rings (SSSR count). The SMILES string of the molecule is NC(=O)c1cc(F)ccc1N1CCOCC1. The fourth-order valence-electron chi connectivity index (χ4n) is 1.79. The summed E-state index contributed by atoms with van der Waals surface area (Å²) >= 11 is 0. The van der Waals surface area contributed by atoms with Gasteiger partial charge in [0.15, 0.2) is 0 Å². The van der Waals surface area contributed by atoms with Crippen LogP contribution in [0.2, 0.25) is 0 Å². The molecule has 0 radical (unpaired) electrons. The van der Waals surface area contributed by atoms with Gasteiger partial charge < -0.3 is 15.4 Å². The predicted molar refractivity (Wildman–Crippen MR) is 57.9 cm³/mol. The standard InChI is InChI=1S/C11H13FN2O2/c12-8-1-2-10(9(7-8)11(13)15)14-3-5-16-6-4-14/h1-2,7H,3-6H2,(H2,13,15). The third kappa shape index (κ3) is 2.14. The summed E-state index contributed by atoms with van der Waals surface area (Å²) in [6.07, 6.45) is 0. The molecule has 0 spiro atoms. The third-order valence-corrected chi connectivity index (χ3v) is 2.58. The number of nitrogens with two attached hydrogens (primary N) is 1. The Labute approximate surface area is 92.8 Å². The molecular formula is C11H13FN2O2. The van der Waals surface area contributed by atoms with E-state index in [0.29, 0.717) is 32.0 Å². The Morgan fingerprint density at radius 3 is 2.69 bits per heavy atom. The Bertz CT molecular complexity index is 403. The van der Waals surface area contributed by atoms with E-state index in [9.17, 15) is 9.18 Å². The van der Waals surface area contributed by atoms with E-state index in [1.54, 1.807) is 6.07 Å². The minimum atomic E-state index is -0.610. The molecule has 1 aromatic carbocycles. The molecule has 0 unspecified atom stereocenters. The van der Waals surface area contributed by atoms with Gasteiger partial charge >= 0.3 is 0 Å². The van der Waals surface area contributed by atoms with Crippen molar-refractivity contribution in [3.05, 3.63) is 29.6 Å². The third-order valence-electron chi connectivity index (χ3n) is 2.58. The lowest BCUT2D eigenvalue weighted by Crippen LogP contribution is -2.37. The largest absolute Gasteiger partial charge is 0.378 e. The Hall–Kier alpha value is -1.62. The van der Waals surface area contributed by atoms with Crippen molar-refractivity contribution in [2.75, 3.05) is 31.2 Å². The second-order valence-electron chi connectivity index (χ2n) is 3.63. The van der Waals surface area contributed by atoms with Crippen LogP contribution >= 0.6 is 0 Å². The first-order valence-electron chi connectivity index (χ1n) is 5.10. The van der Waals surface area contributed by atoms with Gasteiger partial charge in [-0.3, -0.25) is 4.79 Å². The molecule has 0 saturated carbocycles. The first-order chi connectivity index (χ1) is 7.68. The van der Waals surface area contributed by atoms with Crippen molar-refractivity contribution >= 4 is 11.6 Å². The van der Waals surface area contributed by atoms with Crippen LogP contribution in [0.4, 0.5) is 10.1 Å². The minimum absolute atomic E-state index is 0.224. The van der Waals surface area contributed by atoms with E-state index in [4.69, 9.17) is 10.5 Å².